The van der Waals surface area contributed by atoms with Crippen molar-refractivity contribution in [2.75, 3.05) is 0 Å². The Balaban J connectivity index is 1.74. The molecular formula is C20H27NO3. The molecule has 0 spiro atoms. The zero-order chi connectivity index (χ0) is 17.3. The lowest BCUT2D eigenvalue weighted by atomic mass is 9.47. The molecule has 0 aromatic carbocycles. The predicted octanol–water partition coefficient (Wildman–Crippen LogP) is 2.37. The molecule has 4 rings (SSSR count). The highest BCUT2D eigenvalue weighted by Gasteiger charge is 2.62. The Bertz CT molecular complexity index is 666. The van der Waals surface area contributed by atoms with Gasteiger partial charge in [-0.25, -0.2) is 0 Å². The summed E-state index contributed by atoms with van der Waals surface area (Å²) in [5.41, 5.74) is 6.43. The number of carbonyl (C=O) groups is 2. The highest BCUT2D eigenvalue weighted by molar-refractivity contribution is 6.01. The summed E-state index contributed by atoms with van der Waals surface area (Å²) in [6, 6.07) is 0. The van der Waals surface area contributed by atoms with Gasteiger partial charge in [-0.2, -0.15) is 0 Å². The van der Waals surface area contributed by atoms with Crippen LogP contribution in [0.25, 0.3) is 0 Å². The van der Waals surface area contributed by atoms with Crippen LogP contribution in [0.3, 0.4) is 0 Å². The van der Waals surface area contributed by atoms with E-state index >= 15 is 0 Å². The maximum atomic E-state index is 11.9. The van der Waals surface area contributed by atoms with Crippen LogP contribution in [0.4, 0.5) is 0 Å². The van der Waals surface area contributed by atoms with E-state index < -0.39 is 6.10 Å². The number of rotatable bonds is 1. The van der Waals surface area contributed by atoms with Crippen LogP contribution in [-0.2, 0) is 9.59 Å². The second kappa shape index (κ2) is 5.04. The third-order valence-electron chi connectivity index (χ3n) is 7.84. The normalized spacial score (nSPS) is 49.9. The number of hydrogen-bond acceptors (Lipinski definition) is 3. The van der Waals surface area contributed by atoms with Gasteiger partial charge in [0.05, 0.1) is 6.10 Å². The topological polar surface area (TPSA) is 80.4 Å². The van der Waals surface area contributed by atoms with E-state index in [-0.39, 0.29) is 34.4 Å². The van der Waals surface area contributed by atoms with Gasteiger partial charge in [0.1, 0.15) is 0 Å². The molecule has 0 aromatic rings. The minimum Gasteiger partial charge on any atom is -0.393 e. The van der Waals surface area contributed by atoms with Crippen LogP contribution < -0.4 is 5.73 Å². The quantitative estimate of drug-likeness (QED) is 0.775. The minimum atomic E-state index is -0.456. The average molecular weight is 329 g/mol. The van der Waals surface area contributed by atoms with E-state index in [4.69, 9.17) is 5.73 Å². The lowest BCUT2D eigenvalue weighted by Crippen LogP contribution is -2.56. The van der Waals surface area contributed by atoms with E-state index in [1.54, 1.807) is 12.2 Å². The number of amides is 1. The first-order chi connectivity index (χ1) is 11.3. The molecule has 0 bridgehead atoms. The number of carbonyl (C=O) groups excluding carboxylic acids is 2. The van der Waals surface area contributed by atoms with Gasteiger partial charge in [-0.3, -0.25) is 9.59 Å². The molecule has 4 aliphatic rings. The lowest BCUT2D eigenvalue weighted by molar-refractivity contribution is -0.138. The maximum absolute atomic E-state index is 11.9. The van der Waals surface area contributed by atoms with Gasteiger partial charge in [-0.15, -0.1) is 0 Å². The smallest absolute Gasteiger partial charge is 0.221 e. The second-order valence-electron chi connectivity index (χ2n) is 8.83. The van der Waals surface area contributed by atoms with E-state index in [0.717, 1.165) is 25.7 Å². The average Bonchev–Trinajstić information content (AvgIpc) is 2.84. The Labute approximate surface area is 143 Å². The molecule has 0 radical (unpaired) electrons. The SMILES string of the molecule is CC12CC(O)C3C(CCC4=CC(=O)C=C[C@@]43C)C1CCC2C(N)=O. The molecule has 130 valence electrons. The molecule has 3 N–H and O–H groups in total. The zero-order valence-electron chi connectivity index (χ0n) is 14.5. The fourth-order valence-electron chi connectivity index (χ4n) is 6.79. The van der Waals surface area contributed by atoms with Gasteiger partial charge < -0.3 is 10.8 Å². The van der Waals surface area contributed by atoms with Crippen LogP contribution in [0.1, 0.15) is 46.0 Å². The molecule has 0 saturated heterocycles. The van der Waals surface area contributed by atoms with Crippen molar-refractivity contribution in [3.8, 4) is 0 Å². The minimum absolute atomic E-state index is 0.0609. The summed E-state index contributed by atoms with van der Waals surface area (Å²) in [7, 11) is 0. The molecule has 4 nitrogen and oxygen atoms in total. The number of primary amides is 1. The van der Waals surface area contributed by atoms with Crippen LogP contribution in [0, 0.1) is 34.5 Å². The first kappa shape index (κ1) is 16.1. The van der Waals surface area contributed by atoms with E-state index in [1.165, 1.54) is 5.57 Å². The van der Waals surface area contributed by atoms with Crippen LogP contribution in [-0.4, -0.2) is 22.9 Å². The van der Waals surface area contributed by atoms with Crippen molar-refractivity contribution in [2.45, 2.75) is 52.1 Å². The molecule has 7 atom stereocenters. The predicted molar refractivity (Wildman–Crippen MR) is 90.7 cm³/mol. The molecule has 4 aliphatic carbocycles. The fraction of sp³-hybridized carbons (Fsp3) is 0.700. The summed E-state index contributed by atoms with van der Waals surface area (Å²) in [5.74, 6) is 0.691. The number of aliphatic hydroxyl groups excluding tert-OH is 1. The maximum Gasteiger partial charge on any atom is 0.221 e. The molecule has 3 saturated carbocycles. The number of nitrogens with two attached hydrogens (primary N) is 1. The van der Waals surface area contributed by atoms with Gasteiger partial charge in [0, 0.05) is 17.3 Å². The highest BCUT2D eigenvalue weighted by atomic mass is 16.3. The number of fused-ring (bicyclic) bond motifs is 5. The van der Waals surface area contributed by atoms with E-state index in [2.05, 4.69) is 13.8 Å². The summed E-state index contributed by atoms with van der Waals surface area (Å²) >= 11 is 0. The monoisotopic (exact) mass is 329 g/mol. The number of hydrogen-bond donors (Lipinski definition) is 2. The largest absolute Gasteiger partial charge is 0.393 e. The van der Waals surface area contributed by atoms with Crippen molar-refractivity contribution in [3.63, 3.8) is 0 Å². The summed E-state index contributed by atoms with van der Waals surface area (Å²) in [5, 5.41) is 11.1. The number of allylic oxidation sites excluding steroid dienone is 4. The Morgan fingerprint density at radius 1 is 1.29 bits per heavy atom. The van der Waals surface area contributed by atoms with Crippen LogP contribution in [0.5, 0.6) is 0 Å². The van der Waals surface area contributed by atoms with Gasteiger partial charge >= 0.3 is 0 Å². The van der Waals surface area contributed by atoms with Crippen molar-refractivity contribution < 1.29 is 14.7 Å². The van der Waals surface area contributed by atoms with Crippen LogP contribution >= 0.6 is 0 Å². The molecular weight excluding hydrogens is 302 g/mol. The van der Waals surface area contributed by atoms with Crippen molar-refractivity contribution >= 4 is 11.7 Å². The van der Waals surface area contributed by atoms with E-state index in [9.17, 15) is 14.7 Å². The van der Waals surface area contributed by atoms with Crippen molar-refractivity contribution in [1.82, 2.24) is 0 Å². The summed E-state index contributed by atoms with van der Waals surface area (Å²) in [6.45, 7) is 4.33. The summed E-state index contributed by atoms with van der Waals surface area (Å²) in [4.78, 5) is 23.7. The van der Waals surface area contributed by atoms with E-state index in [1.807, 2.05) is 6.08 Å². The fourth-order valence-corrected chi connectivity index (χ4v) is 6.79. The Morgan fingerprint density at radius 3 is 2.75 bits per heavy atom. The molecule has 4 heteroatoms. The molecule has 24 heavy (non-hydrogen) atoms. The van der Waals surface area contributed by atoms with Crippen LogP contribution in [0.15, 0.2) is 23.8 Å². The van der Waals surface area contributed by atoms with Gasteiger partial charge in [-0.05, 0) is 61.5 Å². The van der Waals surface area contributed by atoms with Crippen molar-refractivity contribution in [1.29, 1.82) is 0 Å². The Morgan fingerprint density at radius 2 is 2.04 bits per heavy atom. The van der Waals surface area contributed by atoms with Gasteiger partial charge in [0.15, 0.2) is 5.78 Å². The Hall–Kier alpha value is -1.42. The number of ketones is 1. The molecule has 0 aliphatic heterocycles. The molecule has 6 unspecified atom stereocenters. The molecule has 0 heterocycles. The molecule has 1 amide bonds. The summed E-state index contributed by atoms with van der Waals surface area (Å²) < 4.78 is 0. The van der Waals surface area contributed by atoms with Crippen LogP contribution in [0.2, 0.25) is 0 Å². The Kier molecular flexibility index (Phi) is 3.38. The lowest BCUT2D eigenvalue weighted by Gasteiger charge is -2.58. The third-order valence-corrected chi connectivity index (χ3v) is 7.84. The van der Waals surface area contributed by atoms with E-state index in [0.29, 0.717) is 18.3 Å². The highest BCUT2D eigenvalue weighted by Crippen LogP contribution is 2.65. The zero-order valence-corrected chi connectivity index (χ0v) is 14.5. The second-order valence-corrected chi connectivity index (χ2v) is 8.83. The molecule has 0 aromatic heterocycles. The first-order valence-corrected chi connectivity index (χ1v) is 9.19. The summed E-state index contributed by atoms with van der Waals surface area (Å²) in [6.07, 6.45) is 9.42. The van der Waals surface area contributed by atoms with Crippen molar-refractivity contribution in [3.05, 3.63) is 23.8 Å². The molecule has 3 fully saturated rings. The standard InChI is InChI=1S/C20H27NO3/c1-19-8-7-12(22)9-11(19)3-4-13-14-5-6-15(18(21)24)20(14,2)10-16(23)17(13)19/h7-9,13-17,23H,3-6,10H2,1-2H3,(H2,21,24)/t13?,14?,15?,16?,17?,19-,20?/m0/s1. The van der Waals surface area contributed by atoms with Crippen molar-refractivity contribution in [2.24, 2.45) is 40.2 Å². The third kappa shape index (κ3) is 1.95. The number of aliphatic hydroxyl groups is 1. The van der Waals surface area contributed by atoms with Gasteiger partial charge in [0.2, 0.25) is 5.91 Å². The van der Waals surface area contributed by atoms with Gasteiger partial charge in [0.25, 0.3) is 0 Å². The van der Waals surface area contributed by atoms with Gasteiger partial charge in [-0.1, -0.05) is 25.5 Å². The first-order valence-electron chi connectivity index (χ1n) is 9.19.